The van der Waals surface area contributed by atoms with E-state index in [2.05, 4.69) is 18.3 Å². The molecule has 0 spiro atoms. The highest BCUT2D eigenvalue weighted by molar-refractivity contribution is 5.17. The normalized spacial score (nSPS) is 26.6. The molecule has 0 bridgehead atoms. The molecular weight excluding hydrogens is 190 g/mol. The van der Waals surface area contributed by atoms with Gasteiger partial charge in [0.25, 0.3) is 0 Å². The van der Waals surface area contributed by atoms with Gasteiger partial charge in [0.05, 0.1) is 12.6 Å². The smallest absolute Gasteiger partial charge is 0.117 e. The molecule has 2 N–H and O–H groups in total. The van der Waals surface area contributed by atoms with Gasteiger partial charge in [-0.3, -0.25) is 0 Å². The molecule has 1 heterocycles. The first-order valence-electron chi connectivity index (χ1n) is 5.64. The Morgan fingerprint density at radius 3 is 2.93 bits per heavy atom. The van der Waals surface area contributed by atoms with E-state index in [1.807, 2.05) is 6.07 Å². The summed E-state index contributed by atoms with van der Waals surface area (Å²) in [5, 5.41) is 12.2. The number of hydrogen-bond donors (Lipinski definition) is 2. The lowest BCUT2D eigenvalue weighted by Gasteiger charge is -2.04. The number of aliphatic hydroxyl groups excluding tert-OH is 1. The minimum atomic E-state index is -0.303. The minimum Gasteiger partial charge on any atom is -0.464 e. The molecule has 1 aromatic heterocycles. The molecule has 1 aliphatic carbocycles. The van der Waals surface area contributed by atoms with Crippen LogP contribution < -0.4 is 5.32 Å². The number of aliphatic hydroxyl groups is 1. The maximum atomic E-state index is 9.08. The average Bonchev–Trinajstić information content (AvgIpc) is 2.73. The molecule has 0 aliphatic heterocycles. The van der Waals surface area contributed by atoms with Gasteiger partial charge >= 0.3 is 0 Å². The van der Waals surface area contributed by atoms with E-state index in [0.717, 1.165) is 17.4 Å². The molecule has 2 unspecified atom stereocenters. The fourth-order valence-corrected chi connectivity index (χ4v) is 1.81. The highest BCUT2D eigenvalue weighted by Crippen LogP contribution is 2.47. The molecule has 0 aromatic carbocycles. The maximum Gasteiger partial charge on any atom is 0.117 e. The summed E-state index contributed by atoms with van der Waals surface area (Å²) < 4.78 is 5.72. The second-order valence-corrected chi connectivity index (χ2v) is 4.60. The molecule has 3 atom stereocenters. The third-order valence-corrected chi connectivity index (χ3v) is 2.90. The van der Waals surface area contributed by atoms with Gasteiger partial charge in [-0.2, -0.15) is 0 Å². The van der Waals surface area contributed by atoms with Crippen molar-refractivity contribution < 1.29 is 9.52 Å². The van der Waals surface area contributed by atoms with E-state index in [1.54, 1.807) is 6.92 Å². The Labute approximate surface area is 90.5 Å². The van der Waals surface area contributed by atoms with Gasteiger partial charge in [0.2, 0.25) is 0 Å². The Morgan fingerprint density at radius 1 is 1.60 bits per heavy atom. The molecular formula is C12H19NO2. The van der Waals surface area contributed by atoms with Crippen LogP contribution in [0.3, 0.4) is 0 Å². The van der Waals surface area contributed by atoms with E-state index in [1.165, 1.54) is 6.42 Å². The van der Waals surface area contributed by atoms with E-state index >= 15 is 0 Å². The predicted octanol–water partition coefficient (Wildman–Crippen LogP) is 1.87. The van der Waals surface area contributed by atoms with E-state index in [9.17, 15) is 0 Å². The number of rotatable bonds is 5. The zero-order valence-corrected chi connectivity index (χ0v) is 9.36. The standard InChI is InChI=1S/C12H19NO2/c1-8-5-11(8)12-4-3-10(15-12)7-13-6-9(2)14/h3-4,8-9,11,13-14H,5-7H2,1-2H3/t8?,9-,11?/m1/s1. The van der Waals surface area contributed by atoms with Crippen molar-refractivity contribution in [3.8, 4) is 0 Å². The van der Waals surface area contributed by atoms with Gasteiger partial charge in [0.15, 0.2) is 0 Å². The van der Waals surface area contributed by atoms with E-state index in [0.29, 0.717) is 19.0 Å². The van der Waals surface area contributed by atoms with Crippen molar-refractivity contribution in [2.24, 2.45) is 5.92 Å². The van der Waals surface area contributed by atoms with Gasteiger partial charge in [0, 0.05) is 12.5 Å². The van der Waals surface area contributed by atoms with Crippen molar-refractivity contribution in [2.75, 3.05) is 6.54 Å². The Hall–Kier alpha value is -0.800. The molecule has 1 aromatic rings. The van der Waals surface area contributed by atoms with Gasteiger partial charge in [-0.15, -0.1) is 0 Å². The highest BCUT2D eigenvalue weighted by Gasteiger charge is 2.36. The molecule has 1 aliphatic rings. The Balaban J connectivity index is 1.80. The van der Waals surface area contributed by atoms with Crippen LogP contribution >= 0.6 is 0 Å². The van der Waals surface area contributed by atoms with Crippen molar-refractivity contribution in [2.45, 2.75) is 38.8 Å². The third kappa shape index (κ3) is 2.83. The highest BCUT2D eigenvalue weighted by atomic mass is 16.3. The first-order valence-corrected chi connectivity index (χ1v) is 5.64. The largest absolute Gasteiger partial charge is 0.464 e. The summed E-state index contributed by atoms with van der Waals surface area (Å²) in [5.74, 6) is 3.52. The fraction of sp³-hybridized carbons (Fsp3) is 0.667. The van der Waals surface area contributed by atoms with Crippen molar-refractivity contribution in [3.05, 3.63) is 23.7 Å². The zero-order chi connectivity index (χ0) is 10.8. The molecule has 1 saturated carbocycles. The molecule has 0 radical (unpaired) electrons. The van der Waals surface area contributed by atoms with Crippen LogP contribution in [0.5, 0.6) is 0 Å². The van der Waals surface area contributed by atoms with Gasteiger partial charge in [-0.05, 0) is 31.4 Å². The summed E-state index contributed by atoms with van der Waals surface area (Å²) in [7, 11) is 0. The second kappa shape index (κ2) is 4.37. The summed E-state index contributed by atoms with van der Waals surface area (Å²) in [4.78, 5) is 0. The minimum absolute atomic E-state index is 0.303. The first-order chi connectivity index (χ1) is 7.16. The summed E-state index contributed by atoms with van der Waals surface area (Å²) in [5.41, 5.74) is 0. The maximum absolute atomic E-state index is 9.08. The third-order valence-electron chi connectivity index (χ3n) is 2.90. The molecule has 3 heteroatoms. The SMILES string of the molecule is CC1CC1c1ccc(CNC[C@@H](C)O)o1. The fourth-order valence-electron chi connectivity index (χ4n) is 1.81. The topological polar surface area (TPSA) is 45.4 Å². The number of furan rings is 1. The van der Waals surface area contributed by atoms with Crippen LogP contribution in [0.25, 0.3) is 0 Å². The van der Waals surface area contributed by atoms with Crippen LogP contribution in [0.4, 0.5) is 0 Å². The monoisotopic (exact) mass is 209 g/mol. The summed E-state index contributed by atoms with van der Waals surface area (Å²) in [6, 6.07) is 4.10. The quantitative estimate of drug-likeness (QED) is 0.778. The predicted molar refractivity (Wildman–Crippen MR) is 58.6 cm³/mol. The Morgan fingerprint density at radius 2 is 2.33 bits per heavy atom. The summed E-state index contributed by atoms with van der Waals surface area (Å²) in [6.07, 6.45) is 0.955. The van der Waals surface area contributed by atoms with Crippen molar-refractivity contribution in [1.29, 1.82) is 0 Å². The lowest BCUT2D eigenvalue weighted by atomic mass is 10.3. The molecule has 1 fully saturated rings. The Bertz CT molecular complexity index is 319. The van der Waals surface area contributed by atoms with Gasteiger partial charge in [-0.25, -0.2) is 0 Å². The van der Waals surface area contributed by atoms with Gasteiger partial charge in [0.1, 0.15) is 11.5 Å². The molecule has 0 amide bonds. The van der Waals surface area contributed by atoms with E-state index in [4.69, 9.17) is 9.52 Å². The molecule has 3 nitrogen and oxygen atoms in total. The van der Waals surface area contributed by atoms with Crippen molar-refractivity contribution in [1.82, 2.24) is 5.32 Å². The van der Waals surface area contributed by atoms with Crippen molar-refractivity contribution >= 4 is 0 Å². The van der Waals surface area contributed by atoms with E-state index < -0.39 is 0 Å². The lowest BCUT2D eigenvalue weighted by molar-refractivity contribution is 0.190. The van der Waals surface area contributed by atoms with Crippen LogP contribution in [0.15, 0.2) is 16.5 Å². The van der Waals surface area contributed by atoms with Crippen LogP contribution in [0.2, 0.25) is 0 Å². The van der Waals surface area contributed by atoms with Crippen LogP contribution in [-0.2, 0) is 6.54 Å². The average molecular weight is 209 g/mol. The molecule has 2 rings (SSSR count). The molecule has 15 heavy (non-hydrogen) atoms. The summed E-state index contributed by atoms with van der Waals surface area (Å²) >= 11 is 0. The van der Waals surface area contributed by atoms with Gasteiger partial charge < -0.3 is 14.8 Å². The number of nitrogens with one attached hydrogen (secondary N) is 1. The second-order valence-electron chi connectivity index (χ2n) is 4.60. The Kier molecular flexibility index (Phi) is 3.12. The van der Waals surface area contributed by atoms with Gasteiger partial charge in [-0.1, -0.05) is 6.92 Å². The van der Waals surface area contributed by atoms with Crippen molar-refractivity contribution in [3.63, 3.8) is 0 Å². The molecule has 84 valence electrons. The molecule has 0 saturated heterocycles. The zero-order valence-electron chi connectivity index (χ0n) is 9.36. The van der Waals surface area contributed by atoms with Crippen LogP contribution in [0.1, 0.15) is 37.7 Å². The lowest BCUT2D eigenvalue weighted by Crippen LogP contribution is -2.23. The number of hydrogen-bond acceptors (Lipinski definition) is 3. The summed E-state index contributed by atoms with van der Waals surface area (Å²) in [6.45, 7) is 5.33. The van der Waals surface area contributed by atoms with Crippen LogP contribution in [0, 0.1) is 5.92 Å². The van der Waals surface area contributed by atoms with Crippen LogP contribution in [-0.4, -0.2) is 17.8 Å². The first kappa shape index (κ1) is 10.7. The van der Waals surface area contributed by atoms with E-state index in [-0.39, 0.29) is 6.10 Å².